The summed E-state index contributed by atoms with van der Waals surface area (Å²) < 4.78 is 5.76. The normalized spacial score (nSPS) is 11.9. The van der Waals surface area contributed by atoms with Crippen LogP contribution in [0.1, 0.15) is 43.5 Å². The largest absolute Gasteiger partial charge is 0.494 e. The molecule has 1 N–H and O–H groups in total. The SMILES string of the molecule is CCC(C)CCCOc1ccc(-c2ccc(C(=O)O)cc2)cc1. The van der Waals surface area contributed by atoms with Gasteiger partial charge in [0.05, 0.1) is 12.2 Å². The van der Waals surface area contributed by atoms with Crippen molar-refractivity contribution in [3.05, 3.63) is 54.1 Å². The number of carboxylic acids is 1. The molecule has 1 atom stereocenters. The average molecular weight is 312 g/mol. The van der Waals surface area contributed by atoms with Crippen LogP contribution in [0.3, 0.4) is 0 Å². The Labute approximate surface area is 137 Å². The molecule has 0 bridgehead atoms. The van der Waals surface area contributed by atoms with Crippen molar-refractivity contribution in [3.63, 3.8) is 0 Å². The van der Waals surface area contributed by atoms with Crippen LogP contribution in [-0.4, -0.2) is 17.7 Å². The zero-order valence-corrected chi connectivity index (χ0v) is 13.8. The summed E-state index contributed by atoms with van der Waals surface area (Å²) in [6, 6.07) is 14.8. The van der Waals surface area contributed by atoms with Crippen molar-refractivity contribution >= 4 is 5.97 Å². The minimum Gasteiger partial charge on any atom is -0.494 e. The Balaban J connectivity index is 1.90. The van der Waals surface area contributed by atoms with E-state index in [1.165, 1.54) is 12.8 Å². The van der Waals surface area contributed by atoms with Crippen LogP contribution in [0.25, 0.3) is 11.1 Å². The van der Waals surface area contributed by atoms with Crippen molar-refractivity contribution in [1.29, 1.82) is 0 Å². The van der Waals surface area contributed by atoms with E-state index in [9.17, 15) is 4.79 Å². The van der Waals surface area contributed by atoms with Crippen LogP contribution in [0.5, 0.6) is 5.75 Å². The van der Waals surface area contributed by atoms with Gasteiger partial charge in [0.15, 0.2) is 0 Å². The summed E-state index contributed by atoms with van der Waals surface area (Å²) in [6.45, 7) is 5.23. The van der Waals surface area contributed by atoms with E-state index in [1.54, 1.807) is 12.1 Å². The van der Waals surface area contributed by atoms with E-state index in [2.05, 4.69) is 13.8 Å². The standard InChI is InChI=1S/C20H24O3/c1-3-15(2)5-4-14-23-19-12-10-17(11-13-19)16-6-8-18(9-7-16)20(21)22/h6-13,15H,3-5,14H2,1-2H3,(H,21,22). The molecule has 0 heterocycles. The molecule has 2 aromatic carbocycles. The maximum atomic E-state index is 10.9. The quantitative estimate of drug-likeness (QED) is 0.677. The highest BCUT2D eigenvalue weighted by atomic mass is 16.5. The van der Waals surface area contributed by atoms with Gasteiger partial charge in [0, 0.05) is 0 Å². The molecule has 23 heavy (non-hydrogen) atoms. The molecule has 0 spiro atoms. The summed E-state index contributed by atoms with van der Waals surface area (Å²) in [6.07, 6.45) is 3.49. The summed E-state index contributed by atoms with van der Waals surface area (Å²) in [5.74, 6) is 0.729. The summed E-state index contributed by atoms with van der Waals surface area (Å²) in [5, 5.41) is 8.92. The highest BCUT2D eigenvalue weighted by molar-refractivity contribution is 5.88. The summed E-state index contributed by atoms with van der Waals surface area (Å²) in [4.78, 5) is 10.9. The minimum atomic E-state index is -0.905. The van der Waals surface area contributed by atoms with Crippen LogP contribution in [0.15, 0.2) is 48.5 Å². The zero-order valence-electron chi connectivity index (χ0n) is 13.8. The molecular weight excluding hydrogens is 288 g/mol. The van der Waals surface area contributed by atoms with Gasteiger partial charge in [0.2, 0.25) is 0 Å². The maximum absolute atomic E-state index is 10.9. The molecule has 0 fully saturated rings. The van der Waals surface area contributed by atoms with Crippen molar-refractivity contribution in [3.8, 4) is 16.9 Å². The van der Waals surface area contributed by atoms with E-state index >= 15 is 0 Å². The van der Waals surface area contributed by atoms with Crippen LogP contribution >= 0.6 is 0 Å². The molecular formula is C20H24O3. The van der Waals surface area contributed by atoms with Gasteiger partial charge in [-0.05, 0) is 54.2 Å². The van der Waals surface area contributed by atoms with Gasteiger partial charge in [-0.2, -0.15) is 0 Å². The summed E-state index contributed by atoms with van der Waals surface area (Å²) >= 11 is 0. The summed E-state index contributed by atoms with van der Waals surface area (Å²) in [7, 11) is 0. The Kier molecular flexibility index (Phi) is 6.21. The summed E-state index contributed by atoms with van der Waals surface area (Å²) in [5.41, 5.74) is 2.35. The van der Waals surface area contributed by atoms with E-state index in [0.717, 1.165) is 35.8 Å². The van der Waals surface area contributed by atoms with Gasteiger partial charge < -0.3 is 9.84 Å². The molecule has 3 heteroatoms. The Morgan fingerprint density at radius 3 is 2.13 bits per heavy atom. The van der Waals surface area contributed by atoms with E-state index in [0.29, 0.717) is 5.56 Å². The van der Waals surface area contributed by atoms with Gasteiger partial charge in [-0.15, -0.1) is 0 Å². The molecule has 2 rings (SSSR count). The topological polar surface area (TPSA) is 46.5 Å². The van der Waals surface area contributed by atoms with Gasteiger partial charge in [0.1, 0.15) is 5.75 Å². The van der Waals surface area contributed by atoms with Crippen LogP contribution < -0.4 is 4.74 Å². The number of ether oxygens (including phenoxy) is 1. The number of carbonyl (C=O) groups is 1. The first kappa shape index (κ1) is 17.1. The van der Waals surface area contributed by atoms with Crippen molar-refractivity contribution < 1.29 is 14.6 Å². The Morgan fingerprint density at radius 2 is 1.61 bits per heavy atom. The third kappa shape index (κ3) is 5.13. The first-order chi connectivity index (χ1) is 11.1. The smallest absolute Gasteiger partial charge is 0.335 e. The van der Waals surface area contributed by atoms with E-state index in [-0.39, 0.29) is 0 Å². The number of rotatable bonds is 8. The predicted molar refractivity (Wildman–Crippen MR) is 93.0 cm³/mol. The first-order valence-electron chi connectivity index (χ1n) is 8.16. The highest BCUT2D eigenvalue weighted by Crippen LogP contribution is 2.23. The third-order valence-corrected chi connectivity index (χ3v) is 4.13. The van der Waals surface area contributed by atoms with Crippen molar-refractivity contribution in [2.75, 3.05) is 6.61 Å². The Morgan fingerprint density at radius 1 is 1.04 bits per heavy atom. The number of aromatic carboxylic acids is 1. The maximum Gasteiger partial charge on any atom is 0.335 e. The van der Waals surface area contributed by atoms with Crippen LogP contribution in [-0.2, 0) is 0 Å². The number of carboxylic acid groups (broad SMARTS) is 1. The lowest BCUT2D eigenvalue weighted by Gasteiger charge is -2.10. The lowest BCUT2D eigenvalue weighted by atomic mass is 10.0. The Hall–Kier alpha value is -2.29. The third-order valence-electron chi connectivity index (χ3n) is 4.13. The van der Waals surface area contributed by atoms with Gasteiger partial charge >= 0.3 is 5.97 Å². The molecule has 0 amide bonds. The molecule has 0 saturated carbocycles. The molecule has 0 aromatic heterocycles. The van der Waals surface area contributed by atoms with Crippen molar-refractivity contribution in [1.82, 2.24) is 0 Å². The van der Waals surface area contributed by atoms with Gasteiger partial charge in [-0.1, -0.05) is 44.5 Å². The second kappa shape index (κ2) is 8.37. The lowest BCUT2D eigenvalue weighted by molar-refractivity contribution is 0.0697. The zero-order chi connectivity index (χ0) is 16.7. The molecule has 0 aliphatic heterocycles. The fourth-order valence-electron chi connectivity index (χ4n) is 2.37. The number of hydrogen-bond acceptors (Lipinski definition) is 2. The molecule has 122 valence electrons. The second-order valence-corrected chi connectivity index (χ2v) is 5.91. The second-order valence-electron chi connectivity index (χ2n) is 5.91. The fourth-order valence-corrected chi connectivity index (χ4v) is 2.37. The lowest BCUT2D eigenvalue weighted by Crippen LogP contribution is -2.00. The minimum absolute atomic E-state index is 0.301. The van der Waals surface area contributed by atoms with Gasteiger partial charge in [0.25, 0.3) is 0 Å². The van der Waals surface area contributed by atoms with E-state index in [1.807, 2.05) is 36.4 Å². The molecule has 0 aliphatic rings. The molecule has 3 nitrogen and oxygen atoms in total. The average Bonchev–Trinajstić information content (AvgIpc) is 2.59. The highest BCUT2D eigenvalue weighted by Gasteiger charge is 2.04. The fraction of sp³-hybridized carbons (Fsp3) is 0.350. The van der Waals surface area contributed by atoms with Gasteiger partial charge in [-0.3, -0.25) is 0 Å². The molecule has 0 radical (unpaired) electrons. The molecule has 2 aromatic rings. The van der Waals surface area contributed by atoms with Crippen LogP contribution in [0, 0.1) is 5.92 Å². The number of benzene rings is 2. The van der Waals surface area contributed by atoms with Crippen molar-refractivity contribution in [2.24, 2.45) is 5.92 Å². The molecule has 0 aliphatic carbocycles. The first-order valence-corrected chi connectivity index (χ1v) is 8.16. The Bertz CT molecular complexity index is 614. The monoisotopic (exact) mass is 312 g/mol. The van der Waals surface area contributed by atoms with E-state index < -0.39 is 5.97 Å². The number of hydrogen-bond donors (Lipinski definition) is 1. The molecule has 0 saturated heterocycles. The predicted octanol–water partition coefficient (Wildman–Crippen LogP) is 5.26. The molecule has 1 unspecified atom stereocenters. The van der Waals surface area contributed by atoms with Crippen LogP contribution in [0.4, 0.5) is 0 Å². The van der Waals surface area contributed by atoms with E-state index in [4.69, 9.17) is 9.84 Å². The van der Waals surface area contributed by atoms with Gasteiger partial charge in [-0.25, -0.2) is 4.79 Å². The van der Waals surface area contributed by atoms with Crippen molar-refractivity contribution in [2.45, 2.75) is 33.1 Å². The van der Waals surface area contributed by atoms with Crippen LogP contribution in [0.2, 0.25) is 0 Å².